The Balaban J connectivity index is 2.97. The molecule has 9 heteroatoms. The fourth-order valence-electron chi connectivity index (χ4n) is 2.91. The number of hydrogen-bond acceptors (Lipinski definition) is 4. The van der Waals surface area contributed by atoms with Crippen LogP contribution < -0.4 is 16.0 Å². The minimum absolute atomic E-state index is 0.116. The maximum absolute atomic E-state index is 12.9. The van der Waals surface area contributed by atoms with E-state index in [0.29, 0.717) is 12.8 Å². The lowest BCUT2D eigenvalue weighted by molar-refractivity contribution is -0.130. The second kappa shape index (κ2) is 11.3. The first kappa shape index (κ1) is 24.3. The van der Waals surface area contributed by atoms with E-state index in [2.05, 4.69) is 16.0 Å². The van der Waals surface area contributed by atoms with Gasteiger partial charge in [-0.1, -0.05) is 51.1 Å². The first-order chi connectivity index (χ1) is 13.1. The summed E-state index contributed by atoms with van der Waals surface area (Å²) in [6, 6.07) is 7.71. The molecule has 0 heterocycles. The van der Waals surface area contributed by atoms with Crippen LogP contribution in [-0.4, -0.2) is 46.5 Å². The molecule has 0 saturated carbocycles. The number of carbonyl (C=O) groups is 2. The molecule has 28 heavy (non-hydrogen) atoms. The number of carbonyl (C=O) groups excluding carboxylic acids is 2. The fraction of sp³-hybridized carbons (Fsp3) is 0.579. The molecule has 158 valence electrons. The van der Waals surface area contributed by atoms with E-state index in [1.807, 2.05) is 44.2 Å². The lowest BCUT2D eigenvalue weighted by Gasteiger charge is -2.28. The zero-order valence-corrected chi connectivity index (χ0v) is 17.8. The average Bonchev–Trinajstić information content (AvgIpc) is 2.63. The Bertz CT molecular complexity index is 677. The van der Waals surface area contributed by atoms with Gasteiger partial charge in [0.1, 0.15) is 11.8 Å². The van der Waals surface area contributed by atoms with Crippen molar-refractivity contribution in [1.82, 2.24) is 16.0 Å². The molecule has 1 aromatic rings. The van der Waals surface area contributed by atoms with E-state index >= 15 is 0 Å². The Morgan fingerprint density at radius 1 is 1.07 bits per heavy atom. The van der Waals surface area contributed by atoms with E-state index in [1.165, 1.54) is 7.05 Å². The molecule has 0 aliphatic carbocycles. The Hall–Kier alpha value is -1.73. The Morgan fingerprint density at radius 2 is 1.68 bits per heavy atom. The van der Waals surface area contributed by atoms with Crippen molar-refractivity contribution < 1.29 is 23.9 Å². The van der Waals surface area contributed by atoms with Crippen LogP contribution in [0.4, 0.5) is 0 Å². The Labute approximate surface area is 166 Å². The first-order valence-electron chi connectivity index (χ1n) is 9.45. The van der Waals surface area contributed by atoms with Gasteiger partial charge in [0.2, 0.25) is 11.8 Å². The second-order valence-electron chi connectivity index (χ2n) is 7.23. The highest BCUT2D eigenvalue weighted by Gasteiger charge is 2.33. The summed E-state index contributed by atoms with van der Waals surface area (Å²) in [5.74, 6) is -1.78. The van der Waals surface area contributed by atoms with Crippen LogP contribution in [0.25, 0.3) is 0 Å². The summed E-state index contributed by atoms with van der Waals surface area (Å²) >= 11 is 0. The lowest BCUT2D eigenvalue weighted by atomic mass is 10.0. The quantitative estimate of drug-likeness (QED) is 0.349. The standard InChI is InChI=1S/C19H32N3O5P/c1-5-17(28(25,26)27)21-15(11-13(2)3)19(24)22-16(18(23)20-4)12-14-9-7-6-8-10-14/h6-10,13,15-17,21H,5,11-12H2,1-4H3,(H,20,23)(H,22,24)(H2,25,26,27)/t15-,16-,17-/m0/s1. The maximum Gasteiger partial charge on any atom is 0.342 e. The van der Waals surface area contributed by atoms with E-state index in [4.69, 9.17) is 0 Å². The minimum Gasteiger partial charge on any atom is -0.357 e. The van der Waals surface area contributed by atoms with Gasteiger partial charge in [-0.15, -0.1) is 0 Å². The third-order valence-corrected chi connectivity index (χ3v) is 5.70. The van der Waals surface area contributed by atoms with Crippen LogP contribution in [0.1, 0.15) is 39.2 Å². The van der Waals surface area contributed by atoms with Gasteiger partial charge in [-0.25, -0.2) is 0 Å². The molecule has 0 spiro atoms. The Kier molecular flexibility index (Phi) is 9.82. The molecular weight excluding hydrogens is 381 g/mol. The topological polar surface area (TPSA) is 128 Å². The van der Waals surface area contributed by atoms with Crippen molar-refractivity contribution in [3.63, 3.8) is 0 Å². The van der Waals surface area contributed by atoms with Crippen LogP contribution in [0.3, 0.4) is 0 Å². The summed E-state index contributed by atoms with van der Waals surface area (Å²) < 4.78 is 11.7. The third-order valence-electron chi connectivity index (χ3n) is 4.37. The van der Waals surface area contributed by atoms with Gasteiger partial charge >= 0.3 is 7.60 Å². The van der Waals surface area contributed by atoms with Crippen LogP contribution in [-0.2, 0) is 20.6 Å². The zero-order valence-electron chi connectivity index (χ0n) is 16.9. The summed E-state index contributed by atoms with van der Waals surface area (Å²) in [5, 5.41) is 8.08. The van der Waals surface area contributed by atoms with Gasteiger partial charge in [-0.05, 0) is 24.3 Å². The van der Waals surface area contributed by atoms with E-state index in [0.717, 1.165) is 5.56 Å². The van der Waals surface area contributed by atoms with Gasteiger partial charge in [0.25, 0.3) is 0 Å². The van der Waals surface area contributed by atoms with Crippen LogP contribution in [0.15, 0.2) is 30.3 Å². The molecule has 0 fully saturated rings. The lowest BCUT2D eigenvalue weighted by Crippen LogP contribution is -2.55. The molecule has 0 bridgehead atoms. The van der Waals surface area contributed by atoms with Crippen molar-refractivity contribution in [2.24, 2.45) is 5.92 Å². The number of hydrogen-bond donors (Lipinski definition) is 5. The van der Waals surface area contributed by atoms with E-state index in [9.17, 15) is 23.9 Å². The zero-order chi connectivity index (χ0) is 21.3. The molecule has 0 unspecified atom stereocenters. The van der Waals surface area contributed by atoms with Gasteiger partial charge in [-0.3, -0.25) is 19.5 Å². The molecule has 0 aromatic heterocycles. The molecule has 8 nitrogen and oxygen atoms in total. The SMILES string of the molecule is CC[C@@H](N[C@@H](CC(C)C)C(=O)N[C@@H](Cc1ccccc1)C(=O)NC)P(=O)(O)O. The first-order valence-corrected chi connectivity index (χ1v) is 11.1. The van der Waals surface area contributed by atoms with Crippen molar-refractivity contribution in [2.45, 2.75) is 57.9 Å². The van der Waals surface area contributed by atoms with Gasteiger partial charge in [0.05, 0.1) is 6.04 Å². The molecule has 0 saturated heterocycles. The van der Waals surface area contributed by atoms with Crippen molar-refractivity contribution in [2.75, 3.05) is 7.05 Å². The van der Waals surface area contributed by atoms with Crippen LogP contribution in [0.2, 0.25) is 0 Å². The molecule has 5 N–H and O–H groups in total. The maximum atomic E-state index is 12.9. The minimum atomic E-state index is -4.40. The van der Waals surface area contributed by atoms with Crippen molar-refractivity contribution in [1.29, 1.82) is 0 Å². The molecule has 0 aliphatic heterocycles. The molecule has 0 aliphatic rings. The van der Waals surface area contributed by atoms with E-state index in [-0.39, 0.29) is 18.2 Å². The van der Waals surface area contributed by atoms with Crippen LogP contribution in [0.5, 0.6) is 0 Å². The highest BCUT2D eigenvalue weighted by Crippen LogP contribution is 2.41. The predicted molar refractivity (Wildman–Crippen MR) is 109 cm³/mol. The monoisotopic (exact) mass is 413 g/mol. The second-order valence-corrected chi connectivity index (χ2v) is 9.03. The largest absolute Gasteiger partial charge is 0.357 e. The molecule has 3 atom stereocenters. The summed E-state index contributed by atoms with van der Waals surface area (Å²) in [7, 11) is -2.90. The summed E-state index contributed by atoms with van der Waals surface area (Å²) in [4.78, 5) is 44.1. The van der Waals surface area contributed by atoms with E-state index < -0.39 is 31.4 Å². The van der Waals surface area contributed by atoms with Crippen LogP contribution in [0, 0.1) is 5.92 Å². The fourth-order valence-corrected chi connectivity index (χ4v) is 3.76. The van der Waals surface area contributed by atoms with Gasteiger partial charge in [-0.2, -0.15) is 0 Å². The summed E-state index contributed by atoms with van der Waals surface area (Å²) in [6.45, 7) is 5.48. The van der Waals surface area contributed by atoms with Gasteiger partial charge in [0.15, 0.2) is 0 Å². The molecule has 1 aromatic carbocycles. The van der Waals surface area contributed by atoms with Crippen molar-refractivity contribution in [3.05, 3.63) is 35.9 Å². The highest BCUT2D eigenvalue weighted by molar-refractivity contribution is 7.52. The smallest absolute Gasteiger partial charge is 0.342 e. The molecule has 1 rings (SSSR count). The predicted octanol–water partition coefficient (Wildman–Crippen LogP) is 1.38. The Morgan fingerprint density at radius 3 is 2.14 bits per heavy atom. The van der Waals surface area contributed by atoms with Gasteiger partial charge < -0.3 is 20.4 Å². The van der Waals surface area contributed by atoms with Crippen LogP contribution >= 0.6 is 7.60 Å². The summed E-state index contributed by atoms with van der Waals surface area (Å²) in [5.41, 5.74) is 0.895. The molecule has 2 amide bonds. The number of nitrogens with one attached hydrogen (secondary N) is 3. The van der Waals surface area contributed by atoms with Crippen molar-refractivity contribution >= 4 is 19.4 Å². The molecular formula is C19H32N3O5P. The summed E-state index contributed by atoms with van der Waals surface area (Å²) in [6.07, 6.45) is 0.875. The number of amides is 2. The van der Waals surface area contributed by atoms with Crippen molar-refractivity contribution in [3.8, 4) is 0 Å². The highest BCUT2D eigenvalue weighted by atomic mass is 31.2. The third kappa shape index (κ3) is 8.10. The number of benzene rings is 1. The van der Waals surface area contributed by atoms with Gasteiger partial charge in [0, 0.05) is 13.5 Å². The normalized spacial score (nSPS) is 15.0. The number of rotatable bonds is 11. The van der Waals surface area contributed by atoms with E-state index in [1.54, 1.807) is 6.92 Å². The number of likely N-dealkylation sites (N-methyl/N-ethyl adjacent to an activating group) is 1. The average molecular weight is 413 g/mol. The molecule has 0 radical (unpaired) electrons.